The largest absolute Gasteiger partial charge is 0.460 e. The minimum Gasteiger partial charge on any atom is -0.460 e. The molecule has 0 fully saturated rings. The number of hydrogen-bond acceptors (Lipinski definition) is 3. The van der Waals surface area contributed by atoms with Gasteiger partial charge in [-0.25, -0.2) is 0 Å². The van der Waals surface area contributed by atoms with Gasteiger partial charge in [0.2, 0.25) is 0 Å². The van der Waals surface area contributed by atoms with Crippen LogP contribution in [-0.4, -0.2) is 23.3 Å². The van der Waals surface area contributed by atoms with E-state index >= 15 is 0 Å². The van der Waals surface area contributed by atoms with Gasteiger partial charge in [-0.1, -0.05) is 31.6 Å². The van der Waals surface area contributed by atoms with Crippen LogP contribution in [0.2, 0.25) is 0 Å². The molecule has 1 atom stereocenters. The smallest absolute Gasteiger partial charge is 0.308 e. The molecule has 1 heterocycles. The monoisotopic (exact) mass is 263 g/mol. The molecule has 1 aliphatic heterocycles. The van der Waals surface area contributed by atoms with E-state index in [1.165, 1.54) is 0 Å². The Bertz CT molecular complexity index is 386. The van der Waals surface area contributed by atoms with Crippen molar-refractivity contribution < 1.29 is 9.53 Å². The maximum Gasteiger partial charge on any atom is 0.308 e. The lowest BCUT2D eigenvalue weighted by molar-refractivity contribution is -0.154. The molecular formula is C16H25NO2. The zero-order valence-electron chi connectivity index (χ0n) is 12.5. The molecule has 0 spiro atoms. The number of rotatable bonds is 5. The molecule has 0 unspecified atom stereocenters. The first-order valence-corrected chi connectivity index (χ1v) is 7.04. The van der Waals surface area contributed by atoms with Gasteiger partial charge in [-0.3, -0.25) is 9.79 Å². The van der Waals surface area contributed by atoms with Crippen LogP contribution in [0, 0.1) is 0 Å². The third-order valence-electron chi connectivity index (χ3n) is 2.65. The lowest BCUT2D eigenvalue weighted by Crippen LogP contribution is -2.25. The number of carbonyl (C=O) groups is 1. The van der Waals surface area contributed by atoms with Crippen molar-refractivity contribution >= 4 is 11.7 Å². The molecule has 19 heavy (non-hydrogen) atoms. The van der Waals surface area contributed by atoms with E-state index in [1.807, 2.05) is 45.1 Å². The average molecular weight is 263 g/mol. The number of nitrogens with zero attached hydrogens (tertiary/aromatic N) is 1. The van der Waals surface area contributed by atoms with Crippen molar-refractivity contribution in [3.05, 3.63) is 24.3 Å². The first kappa shape index (κ1) is 15.7. The van der Waals surface area contributed by atoms with E-state index in [0.717, 1.165) is 25.0 Å². The maximum absolute atomic E-state index is 11.8. The molecule has 0 radical (unpaired) electrons. The highest BCUT2D eigenvalue weighted by atomic mass is 16.6. The molecule has 0 saturated carbocycles. The fourth-order valence-corrected chi connectivity index (χ4v) is 1.83. The van der Waals surface area contributed by atoms with Gasteiger partial charge in [-0.15, -0.1) is 0 Å². The predicted molar refractivity (Wildman–Crippen MR) is 79.5 cm³/mol. The number of hydrogen-bond donors (Lipinski definition) is 0. The van der Waals surface area contributed by atoms with Crippen molar-refractivity contribution in [2.45, 2.75) is 65.0 Å². The lowest BCUT2D eigenvalue weighted by Gasteiger charge is -2.20. The van der Waals surface area contributed by atoms with Crippen molar-refractivity contribution in [1.82, 2.24) is 0 Å². The maximum atomic E-state index is 11.8. The summed E-state index contributed by atoms with van der Waals surface area (Å²) in [5.74, 6) is -0.192. The zero-order valence-corrected chi connectivity index (χ0v) is 12.5. The van der Waals surface area contributed by atoms with Crippen molar-refractivity contribution in [3.63, 3.8) is 0 Å². The second-order valence-electron chi connectivity index (χ2n) is 5.83. The van der Waals surface area contributed by atoms with Crippen LogP contribution in [0.4, 0.5) is 0 Å². The van der Waals surface area contributed by atoms with E-state index in [1.54, 1.807) is 0 Å². The molecule has 1 rings (SSSR count). The molecule has 0 aromatic carbocycles. The molecule has 0 N–H and O–H groups in total. The first-order valence-electron chi connectivity index (χ1n) is 7.04. The van der Waals surface area contributed by atoms with Crippen LogP contribution in [0.5, 0.6) is 0 Å². The minimum absolute atomic E-state index is 0.100. The summed E-state index contributed by atoms with van der Waals surface area (Å²) in [6, 6.07) is -0.100. The van der Waals surface area contributed by atoms with E-state index < -0.39 is 5.60 Å². The van der Waals surface area contributed by atoms with Gasteiger partial charge < -0.3 is 4.74 Å². The van der Waals surface area contributed by atoms with Crippen LogP contribution in [0.3, 0.4) is 0 Å². The van der Waals surface area contributed by atoms with E-state index in [4.69, 9.17) is 4.74 Å². The van der Waals surface area contributed by atoms with Gasteiger partial charge in [0.1, 0.15) is 5.60 Å². The van der Waals surface area contributed by atoms with Crippen LogP contribution in [0.15, 0.2) is 29.3 Å². The molecule has 1 aliphatic rings. The number of esters is 1. The highest BCUT2D eigenvalue weighted by molar-refractivity contribution is 5.95. The average Bonchev–Trinajstić information content (AvgIpc) is 2.49. The van der Waals surface area contributed by atoms with Crippen molar-refractivity contribution in [1.29, 1.82) is 0 Å². The Hall–Kier alpha value is -1.38. The number of carbonyl (C=O) groups excluding carboxylic acids is 1. The second kappa shape index (κ2) is 7.27. The van der Waals surface area contributed by atoms with Crippen molar-refractivity contribution in [2.75, 3.05) is 0 Å². The summed E-state index contributed by atoms with van der Waals surface area (Å²) >= 11 is 0. The minimum atomic E-state index is -0.432. The number of aliphatic imine (C=N–C) groups is 1. The fourth-order valence-electron chi connectivity index (χ4n) is 1.83. The summed E-state index contributed by atoms with van der Waals surface area (Å²) in [7, 11) is 0. The highest BCUT2D eigenvalue weighted by Gasteiger charge is 2.19. The van der Waals surface area contributed by atoms with E-state index in [2.05, 4.69) is 11.9 Å². The Labute approximate surface area is 116 Å². The summed E-state index contributed by atoms with van der Waals surface area (Å²) < 4.78 is 5.34. The third-order valence-corrected chi connectivity index (χ3v) is 2.65. The molecule has 0 saturated heterocycles. The van der Waals surface area contributed by atoms with E-state index in [-0.39, 0.29) is 12.0 Å². The summed E-state index contributed by atoms with van der Waals surface area (Å²) in [6.07, 6.45) is 11.5. The van der Waals surface area contributed by atoms with Gasteiger partial charge in [0.25, 0.3) is 0 Å². The normalized spacial score (nSPS) is 18.9. The van der Waals surface area contributed by atoms with Crippen LogP contribution >= 0.6 is 0 Å². The summed E-state index contributed by atoms with van der Waals surface area (Å²) in [6.45, 7) is 7.80. The number of unbranched alkanes of at least 4 members (excludes halogenated alkanes) is 1. The standard InChI is InChI=1S/C16H25NO2/c1-5-6-9-13-10-7-8-11-14(17-13)12-15(18)19-16(2,3)4/h7-8,10-11,14H,5-6,9,12H2,1-4H3/t14-/m1/s1. The molecule has 0 aliphatic carbocycles. The third kappa shape index (κ3) is 6.94. The molecule has 3 heteroatoms. The van der Waals surface area contributed by atoms with Crippen LogP contribution in [0.25, 0.3) is 0 Å². The predicted octanol–water partition coefficient (Wildman–Crippen LogP) is 3.84. The molecule has 0 aromatic heterocycles. The summed E-state index contributed by atoms with van der Waals surface area (Å²) in [5, 5.41) is 0. The van der Waals surface area contributed by atoms with Gasteiger partial charge in [-0.2, -0.15) is 0 Å². The van der Waals surface area contributed by atoms with E-state index in [9.17, 15) is 4.79 Å². The van der Waals surface area contributed by atoms with Crippen molar-refractivity contribution in [2.24, 2.45) is 4.99 Å². The second-order valence-corrected chi connectivity index (χ2v) is 5.83. The number of allylic oxidation sites excluding steroid dienone is 3. The Morgan fingerprint density at radius 3 is 2.74 bits per heavy atom. The van der Waals surface area contributed by atoms with Crippen LogP contribution in [0.1, 0.15) is 53.4 Å². The zero-order chi connectivity index (χ0) is 14.3. The van der Waals surface area contributed by atoms with Gasteiger partial charge in [0.05, 0.1) is 12.5 Å². The molecule has 3 nitrogen and oxygen atoms in total. The Kier molecular flexibility index (Phi) is 6.00. The van der Waals surface area contributed by atoms with Crippen LogP contribution < -0.4 is 0 Å². The van der Waals surface area contributed by atoms with E-state index in [0.29, 0.717) is 6.42 Å². The summed E-state index contributed by atoms with van der Waals surface area (Å²) in [5.41, 5.74) is 0.638. The fraction of sp³-hybridized carbons (Fsp3) is 0.625. The molecule has 0 bridgehead atoms. The number of ether oxygens (including phenoxy) is 1. The molecule has 0 aromatic rings. The van der Waals surface area contributed by atoms with Gasteiger partial charge in [-0.05, 0) is 39.7 Å². The lowest BCUT2D eigenvalue weighted by atomic mass is 10.1. The molecule has 106 valence electrons. The SMILES string of the molecule is CCCCC1=N[C@@H](CC(=O)OC(C)(C)C)C=CC=C1. The first-order chi connectivity index (χ1) is 8.90. The molecule has 0 amide bonds. The van der Waals surface area contributed by atoms with Gasteiger partial charge in [0, 0.05) is 5.71 Å². The topological polar surface area (TPSA) is 38.7 Å². The van der Waals surface area contributed by atoms with Crippen LogP contribution in [-0.2, 0) is 9.53 Å². The Balaban J connectivity index is 2.59. The Morgan fingerprint density at radius 2 is 2.11 bits per heavy atom. The molecular weight excluding hydrogens is 238 g/mol. The van der Waals surface area contributed by atoms with Crippen molar-refractivity contribution in [3.8, 4) is 0 Å². The highest BCUT2D eigenvalue weighted by Crippen LogP contribution is 2.13. The quantitative estimate of drug-likeness (QED) is 0.707. The van der Waals surface area contributed by atoms with Gasteiger partial charge >= 0.3 is 5.97 Å². The Morgan fingerprint density at radius 1 is 1.37 bits per heavy atom. The van der Waals surface area contributed by atoms with Gasteiger partial charge in [0.15, 0.2) is 0 Å². The summed E-state index contributed by atoms with van der Waals surface area (Å²) in [4.78, 5) is 16.4.